The van der Waals surface area contributed by atoms with Gasteiger partial charge in [0.1, 0.15) is 5.82 Å². The highest BCUT2D eigenvalue weighted by molar-refractivity contribution is 5.88. The molecule has 0 aliphatic carbocycles. The molecule has 0 spiro atoms. The molecule has 1 saturated heterocycles. The topological polar surface area (TPSA) is 63.2 Å². The van der Waals surface area contributed by atoms with E-state index >= 15 is 0 Å². The van der Waals surface area contributed by atoms with Gasteiger partial charge in [0.05, 0.1) is 23.0 Å². The van der Waals surface area contributed by atoms with Crippen LogP contribution < -0.4 is 4.90 Å². The average molecular weight is 392 g/mol. The van der Waals surface area contributed by atoms with Crippen LogP contribution in [-0.2, 0) is 6.54 Å². The zero-order valence-corrected chi connectivity index (χ0v) is 15.9. The van der Waals surface area contributed by atoms with Gasteiger partial charge in [0, 0.05) is 32.7 Å². The standard InChI is InChI=1S/C21H21FN6O/c22-16-6-8-18(9-7-16)28-15-17(23-25-28)14-26-10-3-11-27(13-12-26)21-19-4-1-2-5-20(19)29-24-21/h1-2,4-9,15H,3,10-14H2. The second kappa shape index (κ2) is 7.63. The largest absolute Gasteiger partial charge is 0.354 e. The van der Waals surface area contributed by atoms with Gasteiger partial charge in [-0.05, 0) is 42.8 Å². The number of anilines is 1. The van der Waals surface area contributed by atoms with Crippen molar-refractivity contribution in [3.8, 4) is 5.69 Å². The third kappa shape index (κ3) is 3.71. The lowest BCUT2D eigenvalue weighted by molar-refractivity contribution is 0.282. The lowest BCUT2D eigenvalue weighted by Gasteiger charge is -2.20. The second-order valence-electron chi connectivity index (χ2n) is 7.25. The Hall–Kier alpha value is -3.26. The van der Waals surface area contributed by atoms with E-state index in [0.717, 1.165) is 67.3 Å². The number of aromatic nitrogens is 4. The molecule has 4 aromatic rings. The summed E-state index contributed by atoms with van der Waals surface area (Å²) < 4.78 is 20.3. The molecule has 8 heteroatoms. The molecule has 2 aromatic heterocycles. The van der Waals surface area contributed by atoms with E-state index in [-0.39, 0.29) is 5.82 Å². The van der Waals surface area contributed by atoms with E-state index in [1.807, 2.05) is 24.4 Å². The lowest BCUT2D eigenvalue weighted by Crippen LogP contribution is -2.30. The first-order chi connectivity index (χ1) is 14.3. The Bertz CT molecular complexity index is 1110. The Balaban J connectivity index is 1.25. The van der Waals surface area contributed by atoms with E-state index in [9.17, 15) is 4.39 Å². The summed E-state index contributed by atoms with van der Waals surface area (Å²) in [6.45, 7) is 4.44. The Morgan fingerprint density at radius 1 is 0.966 bits per heavy atom. The van der Waals surface area contributed by atoms with Gasteiger partial charge in [-0.15, -0.1) is 5.10 Å². The number of rotatable bonds is 4. The molecule has 0 atom stereocenters. The molecule has 29 heavy (non-hydrogen) atoms. The minimum absolute atomic E-state index is 0.261. The maximum Gasteiger partial charge on any atom is 0.179 e. The van der Waals surface area contributed by atoms with Crippen LogP contribution in [0.3, 0.4) is 0 Å². The SMILES string of the molecule is Fc1ccc(-n2cc(CN3CCCN(c4noc5ccccc45)CC3)nn2)cc1. The number of fused-ring (bicyclic) bond motifs is 1. The fourth-order valence-corrected chi connectivity index (χ4v) is 3.76. The lowest BCUT2D eigenvalue weighted by atomic mass is 10.2. The average Bonchev–Trinajstić information content (AvgIpc) is 3.32. The van der Waals surface area contributed by atoms with Crippen LogP contribution >= 0.6 is 0 Å². The Morgan fingerprint density at radius 3 is 2.72 bits per heavy atom. The minimum atomic E-state index is -0.261. The summed E-state index contributed by atoms with van der Waals surface area (Å²) in [7, 11) is 0. The molecule has 0 saturated carbocycles. The highest BCUT2D eigenvalue weighted by atomic mass is 19.1. The molecule has 148 valence electrons. The molecule has 1 aliphatic heterocycles. The molecule has 0 radical (unpaired) electrons. The smallest absolute Gasteiger partial charge is 0.179 e. The Labute approximate surface area is 167 Å². The molecule has 7 nitrogen and oxygen atoms in total. The van der Waals surface area contributed by atoms with Crippen LogP contribution in [0.25, 0.3) is 16.7 Å². The molecule has 3 heterocycles. The van der Waals surface area contributed by atoms with Crippen LogP contribution in [0, 0.1) is 5.82 Å². The van der Waals surface area contributed by atoms with Gasteiger partial charge in [-0.3, -0.25) is 4.90 Å². The van der Waals surface area contributed by atoms with Crippen LogP contribution in [0.4, 0.5) is 10.2 Å². The Morgan fingerprint density at radius 2 is 1.83 bits per heavy atom. The van der Waals surface area contributed by atoms with E-state index in [0.29, 0.717) is 0 Å². The molecule has 0 unspecified atom stereocenters. The zero-order valence-electron chi connectivity index (χ0n) is 15.9. The molecule has 0 amide bonds. The zero-order chi connectivity index (χ0) is 19.6. The first kappa shape index (κ1) is 17.8. The molecule has 5 rings (SSSR count). The van der Waals surface area contributed by atoms with Crippen LogP contribution in [0.15, 0.2) is 59.3 Å². The number of benzene rings is 2. The quantitative estimate of drug-likeness (QED) is 0.531. The molecule has 1 aliphatic rings. The van der Waals surface area contributed by atoms with E-state index in [1.54, 1.807) is 16.8 Å². The number of halogens is 1. The van der Waals surface area contributed by atoms with E-state index in [2.05, 4.69) is 31.3 Å². The summed E-state index contributed by atoms with van der Waals surface area (Å²) in [5, 5.41) is 13.8. The predicted molar refractivity (Wildman–Crippen MR) is 107 cm³/mol. The summed E-state index contributed by atoms with van der Waals surface area (Å²) in [6, 6.07) is 14.2. The molecular weight excluding hydrogens is 371 g/mol. The van der Waals surface area contributed by atoms with Crippen molar-refractivity contribution in [2.45, 2.75) is 13.0 Å². The van der Waals surface area contributed by atoms with Crippen molar-refractivity contribution in [1.82, 2.24) is 25.1 Å². The fraction of sp³-hybridized carbons (Fsp3) is 0.286. The van der Waals surface area contributed by atoms with Crippen LogP contribution in [-0.4, -0.2) is 51.2 Å². The first-order valence-corrected chi connectivity index (χ1v) is 9.75. The van der Waals surface area contributed by atoms with Crippen molar-refractivity contribution >= 4 is 16.8 Å². The molecule has 2 aromatic carbocycles. The van der Waals surface area contributed by atoms with E-state index < -0.39 is 0 Å². The summed E-state index contributed by atoms with van der Waals surface area (Å²) in [4.78, 5) is 4.67. The summed E-state index contributed by atoms with van der Waals surface area (Å²) in [5.41, 5.74) is 2.51. The van der Waals surface area contributed by atoms with Crippen molar-refractivity contribution in [1.29, 1.82) is 0 Å². The van der Waals surface area contributed by atoms with Gasteiger partial charge in [0.2, 0.25) is 0 Å². The van der Waals surface area contributed by atoms with Crippen LogP contribution in [0.5, 0.6) is 0 Å². The maximum atomic E-state index is 13.1. The molecule has 1 fully saturated rings. The highest BCUT2D eigenvalue weighted by Crippen LogP contribution is 2.26. The maximum absolute atomic E-state index is 13.1. The van der Waals surface area contributed by atoms with Crippen molar-refractivity contribution in [2.24, 2.45) is 0 Å². The number of para-hydroxylation sites is 1. The predicted octanol–water partition coefficient (Wildman–Crippen LogP) is 3.26. The number of nitrogens with zero attached hydrogens (tertiary/aromatic N) is 6. The third-order valence-corrected chi connectivity index (χ3v) is 5.26. The van der Waals surface area contributed by atoms with Gasteiger partial charge >= 0.3 is 0 Å². The van der Waals surface area contributed by atoms with Gasteiger partial charge in [-0.2, -0.15) is 0 Å². The third-order valence-electron chi connectivity index (χ3n) is 5.26. The summed E-state index contributed by atoms with van der Waals surface area (Å²) in [6.07, 6.45) is 2.94. The van der Waals surface area contributed by atoms with Crippen molar-refractivity contribution < 1.29 is 8.91 Å². The molecule has 0 N–H and O–H groups in total. The normalized spacial score (nSPS) is 15.7. The van der Waals surface area contributed by atoms with E-state index in [1.165, 1.54) is 12.1 Å². The highest BCUT2D eigenvalue weighted by Gasteiger charge is 2.20. The minimum Gasteiger partial charge on any atom is -0.354 e. The monoisotopic (exact) mass is 392 g/mol. The van der Waals surface area contributed by atoms with Crippen molar-refractivity contribution in [3.05, 3.63) is 66.2 Å². The van der Waals surface area contributed by atoms with Crippen LogP contribution in [0.1, 0.15) is 12.1 Å². The van der Waals surface area contributed by atoms with Gasteiger partial charge in [-0.1, -0.05) is 22.5 Å². The Kier molecular flexibility index (Phi) is 4.69. The van der Waals surface area contributed by atoms with Gasteiger partial charge in [-0.25, -0.2) is 9.07 Å². The number of hydrogen-bond acceptors (Lipinski definition) is 6. The second-order valence-corrected chi connectivity index (χ2v) is 7.25. The summed E-state index contributed by atoms with van der Waals surface area (Å²) >= 11 is 0. The fourth-order valence-electron chi connectivity index (χ4n) is 3.76. The molecular formula is C21H21FN6O. The van der Waals surface area contributed by atoms with Gasteiger partial charge in [0.15, 0.2) is 11.4 Å². The van der Waals surface area contributed by atoms with Crippen LogP contribution in [0.2, 0.25) is 0 Å². The van der Waals surface area contributed by atoms with Gasteiger partial charge < -0.3 is 9.42 Å². The van der Waals surface area contributed by atoms with Crippen molar-refractivity contribution in [2.75, 3.05) is 31.1 Å². The first-order valence-electron chi connectivity index (χ1n) is 9.75. The summed E-state index contributed by atoms with van der Waals surface area (Å²) in [5.74, 6) is 0.660. The van der Waals surface area contributed by atoms with E-state index in [4.69, 9.17) is 4.52 Å². The number of hydrogen-bond donors (Lipinski definition) is 0. The van der Waals surface area contributed by atoms with Crippen molar-refractivity contribution in [3.63, 3.8) is 0 Å². The molecule has 0 bridgehead atoms. The van der Waals surface area contributed by atoms with Gasteiger partial charge in [0.25, 0.3) is 0 Å².